The third kappa shape index (κ3) is 3.28. The Morgan fingerprint density at radius 2 is 2.08 bits per heavy atom. The van der Waals surface area contributed by atoms with Gasteiger partial charge in [0.15, 0.2) is 0 Å². The van der Waals surface area contributed by atoms with Crippen molar-refractivity contribution >= 4 is 28.5 Å². The van der Waals surface area contributed by atoms with Crippen molar-refractivity contribution in [3.8, 4) is 0 Å². The van der Waals surface area contributed by atoms with Crippen molar-refractivity contribution in [1.82, 2.24) is 25.7 Å². The van der Waals surface area contributed by atoms with Crippen molar-refractivity contribution in [3.63, 3.8) is 0 Å². The first-order chi connectivity index (χ1) is 12.1. The molecule has 0 amide bonds. The lowest BCUT2D eigenvalue weighted by Gasteiger charge is -2.35. The molecule has 4 rings (SSSR count). The summed E-state index contributed by atoms with van der Waals surface area (Å²) < 4.78 is 5.51. The average molecular weight is 342 g/mol. The molecule has 0 bridgehead atoms. The largest absolute Gasteiger partial charge is 0.340 e. The van der Waals surface area contributed by atoms with Crippen molar-refractivity contribution in [2.75, 3.05) is 38.6 Å². The van der Waals surface area contributed by atoms with Crippen molar-refractivity contribution in [2.24, 2.45) is 9.98 Å². The third-order valence-corrected chi connectivity index (χ3v) is 4.37. The summed E-state index contributed by atoms with van der Waals surface area (Å²) in [6.07, 6.45) is 1.80. The Balaban J connectivity index is 1.57. The van der Waals surface area contributed by atoms with Crippen molar-refractivity contribution in [3.05, 3.63) is 24.4 Å². The highest BCUT2D eigenvalue weighted by Crippen LogP contribution is 2.20. The van der Waals surface area contributed by atoms with Gasteiger partial charge in [-0.1, -0.05) is 0 Å². The predicted octanol–water partition coefficient (Wildman–Crippen LogP) is 0.515. The number of rotatable bonds is 2. The molecular weight excluding hydrogens is 320 g/mol. The van der Waals surface area contributed by atoms with Crippen LogP contribution in [0.15, 0.2) is 34.4 Å². The summed E-state index contributed by atoms with van der Waals surface area (Å²) in [5.74, 6) is 0.420. The summed E-state index contributed by atoms with van der Waals surface area (Å²) in [5.41, 5.74) is 1.87. The Labute approximate surface area is 145 Å². The van der Waals surface area contributed by atoms with E-state index in [9.17, 15) is 0 Å². The van der Waals surface area contributed by atoms with Gasteiger partial charge in [0.1, 0.15) is 0 Å². The third-order valence-electron chi connectivity index (χ3n) is 4.37. The number of piperazine rings is 1. The molecule has 1 atom stereocenters. The molecule has 2 aromatic rings. The summed E-state index contributed by atoms with van der Waals surface area (Å²) >= 11 is 0. The number of guanidine groups is 2. The number of H-pyrrole nitrogens is 1. The number of nitrogens with zero attached hydrogens (tertiary/aromatic N) is 4. The summed E-state index contributed by atoms with van der Waals surface area (Å²) in [6.45, 7) is 5.48. The lowest BCUT2D eigenvalue weighted by Crippen LogP contribution is -2.56. The molecule has 0 saturated carbocycles. The van der Waals surface area contributed by atoms with Crippen LogP contribution in [0.1, 0.15) is 6.92 Å². The Kier molecular flexibility index (Phi) is 4.02. The van der Waals surface area contributed by atoms with Crippen molar-refractivity contribution in [1.29, 1.82) is 0 Å². The van der Waals surface area contributed by atoms with E-state index >= 15 is 0 Å². The van der Waals surface area contributed by atoms with Crippen LogP contribution in [0.5, 0.6) is 0 Å². The quantitative estimate of drug-likeness (QED) is 0.634. The van der Waals surface area contributed by atoms with E-state index in [1.807, 2.05) is 25.1 Å². The number of hydrogen-bond donors (Lipinski definition) is 4. The maximum atomic E-state index is 5.51. The van der Waals surface area contributed by atoms with E-state index in [2.05, 4.69) is 41.0 Å². The van der Waals surface area contributed by atoms with Gasteiger partial charge in [0.25, 0.3) is 5.85 Å². The molecule has 1 aromatic heterocycles. The smallest absolute Gasteiger partial charge is 0.259 e. The number of aromatic nitrogens is 2. The summed E-state index contributed by atoms with van der Waals surface area (Å²) in [6, 6.07) is 5.99. The Morgan fingerprint density at radius 3 is 2.88 bits per heavy atom. The van der Waals surface area contributed by atoms with E-state index in [0.717, 1.165) is 48.7 Å². The minimum Gasteiger partial charge on any atom is -0.340 e. The maximum Gasteiger partial charge on any atom is 0.259 e. The topological polar surface area (TPSA) is 102 Å². The summed E-state index contributed by atoms with van der Waals surface area (Å²) in [5, 5.41) is 18.0. The standard InChI is InChI=1S/C16H22N8O/c1-16(25-2)21-14(20-15(22-16)24-7-5-17-6-8-24)19-12-4-3-11-10-18-23-13(11)9-12/h3-4,9-10,17H,5-8H2,1-2H3,(H,18,23)(H2,19,20,21,22). The zero-order valence-electron chi connectivity index (χ0n) is 14.3. The zero-order chi connectivity index (χ0) is 17.3. The highest BCUT2D eigenvalue weighted by molar-refractivity contribution is 6.07. The molecule has 25 heavy (non-hydrogen) atoms. The number of anilines is 1. The fourth-order valence-corrected chi connectivity index (χ4v) is 2.92. The SMILES string of the molecule is COC1(C)N=C(Nc2ccc3cn[nH]c3c2)NC(N2CCNCC2)=N1. The monoisotopic (exact) mass is 342 g/mol. The molecule has 2 aliphatic rings. The molecule has 132 valence electrons. The predicted molar refractivity (Wildman–Crippen MR) is 97.6 cm³/mol. The van der Waals surface area contributed by atoms with Gasteiger partial charge in [-0.05, 0) is 18.2 Å². The van der Waals surface area contributed by atoms with Crippen LogP contribution >= 0.6 is 0 Å². The number of aromatic amines is 1. The van der Waals surface area contributed by atoms with Crippen LogP contribution in [0.3, 0.4) is 0 Å². The first-order valence-corrected chi connectivity index (χ1v) is 8.33. The van der Waals surface area contributed by atoms with Gasteiger partial charge in [-0.3, -0.25) is 10.4 Å². The number of nitrogens with one attached hydrogen (secondary N) is 4. The lowest BCUT2D eigenvalue weighted by atomic mass is 10.2. The number of methoxy groups -OCH3 is 1. The van der Waals surface area contributed by atoms with Crippen LogP contribution in [0.25, 0.3) is 10.9 Å². The maximum absolute atomic E-state index is 5.51. The minimum absolute atomic E-state index is 0.603. The van der Waals surface area contributed by atoms with E-state index in [1.54, 1.807) is 13.3 Å². The second-order valence-corrected chi connectivity index (χ2v) is 6.19. The number of benzene rings is 1. The number of aliphatic imine (C=N–C) groups is 2. The Morgan fingerprint density at radius 1 is 1.24 bits per heavy atom. The molecule has 9 nitrogen and oxygen atoms in total. The molecule has 2 aliphatic heterocycles. The van der Waals surface area contributed by atoms with Gasteiger partial charge in [-0.25, -0.2) is 0 Å². The summed E-state index contributed by atoms with van der Waals surface area (Å²) in [7, 11) is 1.61. The normalized spacial score (nSPS) is 23.8. The van der Waals surface area contributed by atoms with Gasteiger partial charge < -0.3 is 20.3 Å². The minimum atomic E-state index is -0.952. The Bertz CT molecular complexity index is 822. The first-order valence-electron chi connectivity index (χ1n) is 8.33. The van der Waals surface area contributed by atoms with Crippen LogP contribution in [-0.2, 0) is 4.74 Å². The second kappa shape index (κ2) is 6.34. The highest BCUT2D eigenvalue weighted by Gasteiger charge is 2.30. The van der Waals surface area contributed by atoms with Crippen LogP contribution in [0, 0.1) is 0 Å². The first kappa shape index (κ1) is 15.9. The summed E-state index contributed by atoms with van der Waals surface area (Å²) in [4.78, 5) is 11.4. The van der Waals surface area contributed by atoms with E-state index < -0.39 is 5.85 Å². The molecule has 0 spiro atoms. The molecule has 1 aromatic carbocycles. The average Bonchev–Trinajstić information content (AvgIpc) is 3.10. The van der Waals surface area contributed by atoms with Gasteiger partial charge in [-0.15, -0.1) is 0 Å². The van der Waals surface area contributed by atoms with Gasteiger partial charge >= 0.3 is 0 Å². The van der Waals surface area contributed by atoms with Gasteiger partial charge in [0.2, 0.25) is 11.9 Å². The highest BCUT2D eigenvalue weighted by atomic mass is 16.5. The fourth-order valence-electron chi connectivity index (χ4n) is 2.92. The molecule has 9 heteroatoms. The molecule has 4 N–H and O–H groups in total. The van der Waals surface area contributed by atoms with Crippen LogP contribution in [0.4, 0.5) is 5.69 Å². The van der Waals surface area contributed by atoms with Gasteiger partial charge in [0, 0.05) is 51.3 Å². The molecule has 0 radical (unpaired) electrons. The molecule has 1 fully saturated rings. The fraction of sp³-hybridized carbons (Fsp3) is 0.438. The van der Waals surface area contributed by atoms with E-state index in [1.165, 1.54) is 0 Å². The van der Waals surface area contributed by atoms with Crippen molar-refractivity contribution in [2.45, 2.75) is 12.8 Å². The lowest BCUT2D eigenvalue weighted by molar-refractivity contribution is 0.0189. The molecule has 1 unspecified atom stereocenters. The van der Waals surface area contributed by atoms with Crippen LogP contribution in [0.2, 0.25) is 0 Å². The molecular formula is C16H22N8O. The Hall–Kier alpha value is -2.65. The molecule has 0 aliphatic carbocycles. The van der Waals surface area contributed by atoms with Gasteiger partial charge in [0.05, 0.1) is 11.7 Å². The van der Waals surface area contributed by atoms with Crippen LogP contribution < -0.4 is 16.0 Å². The van der Waals surface area contributed by atoms with Gasteiger partial charge in [-0.2, -0.15) is 15.1 Å². The van der Waals surface area contributed by atoms with E-state index in [0.29, 0.717) is 5.96 Å². The number of fused-ring (bicyclic) bond motifs is 1. The van der Waals surface area contributed by atoms with E-state index in [-0.39, 0.29) is 0 Å². The second-order valence-electron chi connectivity index (χ2n) is 6.19. The van der Waals surface area contributed by atoms with Crippen molar-refractivity contribution < 1.29 is 4.74 Å². The number of ether oxygens (including phenoxy) is 1. The zero-order valence-corrected chi connectivity index (χ0v) is 14.3. The number of hydrogen-bond acceptors (Lipinski definition) is 8. The van der Waals surface area contributed by atoms with Crippen LogP contribution in [-0.4, -0.2) is 66.2 Å². The molecule has 3 heterocycles. The molecule has 1 saturated heterocycles. The van der Waals surface area contributed by atoms with E-state index in [4.69, 9.17) is 4.74 Å².